The number of carbonyl (C=O) groups is 1. The summed E-state index contributed by atoms with van der Waals surface area (Å²) in [5.74, 6) is 2.97. The van der Waals surface area contributed by atoms with Crippen molar-refractivity contribution in [2.24, 2.45) is 0 Å². The van der Waals surface area contributed by atoms with E-state index in [2.05, 4.69) is 25.2 Å². The standard InChI is InChI=1S/C27H29NO5/c1-4-30-23-11-9-19(15-20(23)17-33-24-8-6-5-7-22(24)18(2)3)27(29)28-21-10-12-25-26(16-21)32-14-13-31-25/h5-12,15-16,18H,4,13-14,17H2,1-3H3,(H,28,29). The minimum atomic E-state index is -0.224. The lowest BCUT2D eigenvalue weighted by Crippen LogP contribution is -2.16. The van der Waals surface area contributed by atoms with Crippen molar-refractivity contribution in [1.29, 1.82) is 0 Å². The number of anilines is 1. The zero-order valence-corrected chi connectivity index (χ0v) is 19.2. The Hall–Kier alpha value is -3.67. The van der Waals surface area contributed by atoms with Crippen LogP contribution in [0.15, 0.2) is 60.7 Å². The summed E-state index contributed by atoms with van der Waals surface area (Å²) < 4.78 is 23.1. The Kier molecular flexibility index (Phi) is 7.03. The van der Waals surface area contributed by atoms with Crippen LogP contribution in [-0.2, 0) is 6.61 Å². The highest BCUT2D eigenvalue weighted by atomic mass is 16.6. The fraction of sp³-hybridized carbons (Fsp3) is 0.296. The number of nitrogens with one attached hydrogen (secondary N) is 1. The van der Waals surface area contributed by atoms with Gasteiger partial charge >= 0.3 is 0 Å². The molecule has 0 saturated heterocycles. The molecule has 0 atom stereocenters. The highest BCUT2D eigenvalue weighted by molar-refractivity contribution is 6.04. The first-order chi connectivity index (χ1) is 16.0. The maximum absolute atomic E-state index is 13.0. The number of rotatable bonds is 8. The molecule has 33 heavy (non-hydrogen) atoms. The predicted octanol–water partition coefficient (Wildman–Crippen LogP) is 5.81. The quantitative estimate of drug-likeness (QED) is 0.472. The number of carbonyl (C=O) groups excluding carboxylic acids is 1. The second-order valence-electron chi connectivity index (χ2n) is 8.05. The number of para-hydroxylation sites is 1. The van der Waals surface area contributed by atoms with Crippen LogP contribution in [0.25, 0.3) is 0 Å². The number of amides is 1. The molecule has 0 unspecified atom stereocenters. The molecule has 1 heterocycles. The van der Waals surface area contributed by atoms with E-state index in [9.17, 15) is 4.79 Å². The van der Waals surface area contributed by atoms with Gasteiger partial charge in [-0.15, -0.1) is 0 Å². The van der Waals surface area contributed by atoms with E-state index in [0.29, 0.717) is 60.8 Å². The first kappa shape index (κ1) is 22.5. The van der Waals surface area contributed by atoms with Crippen molar-refractivity contribution >= 4 is 11.6 Å². The third kappa shape index (κ3) is 5.40. The van der Waals surface area contributed by atoms with Gasteiger partial charge in [-0.05, 0) is 54.8 Å². The number of hydrogen-bond acceptors (Lipinski definition) is 5. The molecule has 3 aromatic carbocycles. The Morgan fingerprint density at radius 3 is 2.52 bits per heavy atom. The third-order valence-corrected chi connectivity index (χ3v) is 5.35. The molecule has 0 bridgehead atoms. The fourth-order valence-electron chi connectivity index (χ4n) is 3.70. The second kappa shape index (κ2) is 10.3. The first-order valence-electron chi connectivity index (χ1n) is 11.2. The van der Waals surface area contributed by atoms with Crippen molar-refractivity contribution in [2.45, 2.75) is 33.3 Å². The van der Waals surface area contributed by atoms with Gasteiger partial charge in [-0.25, -0.2) is 0 Å². The minimum absolute atomic E-state index is 0.224. The van der Waals surface area contributed by atoms with E-state index in [1.54, 1.807) is 24.3 Å². The molecule has 3 aromatic rings. The molecule has 172 valence electrons. The topological polar surface area (TPSA) is 66.0 Å². The van der Waals surface area contributed by atoms with Gasteiger partial charge in [0, 0.05) is 22.9 Å². The molecule has 1 N–H and O–H groups in total. The summed E-state index contributed by atoms with van der Waals surface area (Å²) >= 11 is 0. The van der Waals surface area contributed by atoms with E-state index >= 15 is 0 Å². The van der Waals surface area contributed by atoms with Crippen molar-refractivity contribution in [2.75, 3.05) is 25.1 Å². The van der Waals surface area contributed by atoms with Gasteiger partial charge in [0.05, 0.1) is 6.61 Å². The van der Waals surface area contributed by atoms with Crippen LogP contribution in [0.2, 0.25) is 0 Å². The zero-order chi connectivity index (χ0) is 23.2. The normalized spacial score (nSPS) is 12.4. The number of hydrogen-bond donors (Lipinski definition) is 1. The summed E-state index contributed by atoms with van der Waals surface area (Å²) in [6.45, 7) is 8.04. The third-order valence-electron chi connectivity index (χ3n) is 5.35. The Morgan fingerprint density at radius 1 is 0.939 bits per heavy atom. The van der Waals surface area contributed by atoms with Crippen molar-refractivity contribution in [3.63, 3.8) is 0 Å². The summed E-state index contributed by atoms with van der Waals surface area (Å²) in [5, 5.41) is 2.93. The lowest BCUT2D eigenvalue weighted by molar-refractivity contribution is 0.102. The van der Waals surface area contributed by atoms with Gasteiger partial charge < -0.3 is 24.3 Å². The smallest absolute Gasteiger partial charge is 0.255 e. The molecule has 0 aromatic heterocycles. The average molecular weight is 448 g/mol. The van der Waals surface area contributed by atoms with Gasteiger partial charge in [0.15, 0.2) is 11.5 Å². The predicted molar refractivity (Wildman–Crippen MR) is 128 cm³/mol. The molecule has 1 aliphatic heterocycles. The van der Waals surface area contributed by atoms with E-state index in [1.807, 2.05) is 37.3 Å². The van der Waals surface area contributed by atoms with Crippen LogP contribution in [0.4, 0.5) is 5.69 Å². The molecular weight excluding hydrogens is 418 g/mol. The summed E-state index contributed by atoms with van der Waals surface area (Å²) in [4.78, 5) is 13.0. The lowest BCUT2D eigenvalue weighted by atomic mass is 10.0. The highest BCUT2D eigenvalue weighted by Gasteiger charge is 2.16. The second-order valence-corrected chi connectivity index (χ2v) is 8.05. The van der Waals surface area contributed by atoms with Crippen LogP contribution in [0.3, 0.4) is 0 Å². The van der Waals surface area contributed by atoms with Crippen molar-refractivity contribution < 1.29 is 23.7 Å². The first-order valence-corrected chi connectivity index (χ1v) is 11.2. The van der Waals surface area contributed by atoms with Crippen LogP contribution in [0.1, 0.15) is 48.2 Å². The van der Waals surface area contributed by atoms with Crippen LogP contribution < -0.4 is 24.3 Å². The fourth-order valence-corrected chi connectivity index (χ4v) is 3.70. The Morgan fingerprint density at radius 2 is 1.73 bits per heavy atom. The molecular formula is C27H29NO5. The number of benzene rings is 3. The van der Waals surface area contributed by atoms with Gasteiger partial charge in [0.2, 0.25) is 0 Å². The Balaban J connectivity index is 1.52. The van der Waals surface area contributed by atoms with E-state index in [4.69, 9.17) is 18.9 Å². The van der Waals surface area contributed by atoms with Gasteiger partial charge in [-0.1, -0.05) is 32.0 Å². The minimum Gasteiger partial charge on any atom is -0.493 e. The van der Waals surface area contributed by atoms with Gasteiger partial charge in [-0.2, -0.15) is 0 Å². The molecule has 0 spiro atoms. The average Bonchev–Trinajstić information content (AvgIpc) is 2.83. The molecule has 0 fully saturated rings. The summed E-state index contributed by atoms with van der Waals surface area (Å²) in [6, 6.07) is 18.8. The number of fused-ring (bicyclic) bond motifs is 1. The van der Waals surface area contributed by atoms with Crippen LogP contribution in [0.5, 0.6) is 23.0 Å². The molecule has 0 aliphatic carbocycles. The van der Waals surface area contributed by atoms with Crippen LogP contribution in [0, 0.1) is 0 Å². The van der Waals surface area contributed by atoms with E-state index in [0.717, 1.165) is 16.9 Å². The monoisotopic (exact) mass is 447 g/mol. The van der Waals surface area contributed by atoms with E-state index in [1.165, 1.54) is 0 Å². The molecule has 1 amide bonds. The molecule has 1 aliphatic rings. The zero-order valence-electron chi connectivity index (χ0n) is 19.2. The molecule has 6 heteroatoms. The Bertz CT molecular complexity index is 1130. The van der Waals surface area contributed by atoms with Gasteiger partial charge in [0.1, 0.15) is 31.3 Å². The van der Waals surface area contributed by atoms with Crippen molar-refractivity contribution in [3.05, 3.63) is 77.4 Å². The summed E-state index contributed by atoms with van der Waals surface area (Å²) in [6.07, 6.45) is 0. The van der Waals surface area contributed by atoms with E-state index < -0.39 is 0 Å². The van der Waals surface area contributed by atoms with Crippen LogP contribution in [-0.4, -0.2) is 25.7 Å². The molecule has 0 radical (unpaired) electrons. The maximum atomic E-state index is 13.0. The molecule has 6 nitrogen and oxygen atoms in total. The highest BCUT2D eigenvalue weighted by Crippen LogP contribution is 2.33. The summed E-state index contributed by atoms with van der Waals surface area (Å²) in [5.41, 5.74) is 3.11. The van der Waals surface area contributed by atoms with Crippen molar-refractivity contribution in [3.8, 4) is 23.0 Å². The molecule has 0 saturated carbocycles. The number of ether oxygens (including phenoxy) is 4. The van der Waals surface area contributed by atoms with Gasteiger partial charge in [0.25, 0.3) is 5.91 Å². The van der Waals surface area contributed by atoms with Crippen molar-refractivity contribution in [1.82, 2.24) is 0 Å². The molecule has 4 rings (SSSR count). The maximum Gasteiger partial charge on any atom is 0.255 e. The summed E-state index contributed by atoms with van der Waals surface area (Å²) in [7, 11) is 0. The Labute approximate surface area is 194 Å². The SMILES string of the molecule is CCOc1ccc(C(=O)Nc2ccc3c(c2)OCCO3)cc1COc1ccccc1C(C)C. The lowest BCUT2D eigenvalue weighted by Gasteiger charge is -2.19. The van der Waals surface area contributed by atoms with Crippen LogP contribution >= 0.6 is 0 Å². The van der Waals surface area contributed by atoms with E-state index in [-0.39, 0.29) is 5.91 Å². The van der Waals surface area contributed by atoms with Gasteiger partial charge in [-0.3, -0.25) is 4.79 Å². The largest absolute Gasteiger partial charge is 0.493 e.